The van der Waals surface area contributed by atoms with Crippen molar-refractivity contribution >= 4 is 5.65 Å². The second-order valence-corrected chi connectivity index (χ2v) is 4.57. The van der Waals surface area contributed by atoms with Crippen molar-refractivity contribution in [2.24, 2.45) is 5.73 Å². The van der Waals surface area contributed by atoms with E-state index < -0.39 is 0 Å². The summed E-state index contributed by atoms with van der Waals surface area (Å²) in [6, 6.07) is 9.66. The summed E-state index contributed by atoms with van der Waals surface area (Å²) in [5.41, 5.74) is 8.47. The van der Waals surface area contributed by atoms with Gasteiger partial charge in [0.05, 0.1) is 11.9 Å². The molecule has 0 amide bonds. The zero-order chi connectivity index (χ0) is 13.9. The molecule has 102 valence electrons. The van der Waals surface area contributed by atoms with Gasteiger partial charge in [-0.15, -0.1) is 0 Å². The van der Waals surface area contributed by atoms with Crippen LogP contribution >= 0.6 is 0 Å². The van der Waals surface area contributed by atoms with E-state index in [4.69, 9.17) is 10.5 Å². The van der Waals surface area contributed by atoms with Gasteiger partial charge in [0.1, 0.15) is 11.4 Å². The Bertz CT molecular complexity index is 718. The van der Waals surface area contributed by atoms with Crippen LogP contribution in [0.15, 0.2) is 42.7 Å². The molecule has 0 aromatic carbocycles. The number of aryl methyl sites for hydroxylation is 1. The summed E-state index contributed by atoms with van der Waals surface area (Å²) in [5.74, 6) is 1.27. The number of aromatic nitrogens is 3. The topological polar surface area (TPSA) is 65.4 Å². The van der Waals surface area contributed by atoms with E-state index in [2.05, 4.69) is 9.97 Å². The predicted molar refractivity (Wildman–Crippen MR) is 77.0 cm³/mol. The molecule has 0 saturated carbocycles. The van der Waals surface area contributed by atoms with Crippen LogP contribution in [0.5, 0.6) is 11.6 Å². The number of imidazole rings is 1. The predicted octanol–water partition coefficient (Wildman–Crippen LogP) is 2.33. The minimum absolute atomic E-state index is 0.547. The molecule has 0 aliphatic carbocycles. The van der Waals surface area contributed by atoms with Crippen LogP contribution < -0.4 is 10.5 Å². The fourth-order valence-electron chi connectivity index (χ4n) is 2.10. The van der Waals surface area contributed by atoms with E-state index in [0.717, 1.165) is 17.0 Å². The first-order valence-corrected chi connectivity index (χ1v) is 6.54. The molecule has 0 saturated heterocycles. The first-order valence-electron chi connectivity index (χ1n) is 6.54. The standard InChI is InChI=1S/C15H16N4O/c1-11-5-6-12(10-17-11)20-15-13(7-8-16)19-9-3-2-4-14(19)18-15/h2-6,9-10H,7-8,16H2,1H3. The summed E-state index contributed by atoms with van der Waals surface area (Å²) < 4.78 is 7.86. The van der Waals surface area contributed by atoms with Gasteiger partial charge in [-0.3, -0.25) is 4.98 Å². The van der Waals surface area contributed by atoms with Gasteiger partial charge in [0.2, 0.25) is 5.88 Å². The van der Waals surface area contributed by atoms with Crippen LogP contribution in [-0.4, -0.2) is 20.9 Å². The molecule has 2 N–H and O–H groups in total. The van der Waals surface area contributed by atoms with Crippen LogP contribution in [0.3, 0.4) is 0 Å². The molecule has 20 heavy (non-hydrogen) atoms. The molecule has 0 radical (unpaired) electrons. The summed E-state index contributed by atoms with van der Waals surface area (Å²) in [6.45, 7) is 2.49. The summed E-state index contributed by atoms with van der Waals surface area (Å²) in [5, 5.41) is 0. The third-order valence-electron chi connectivity index (χ3n) is 3.07. The van der Waals surface area contributed by atoms with E-state index in [0.29, 0.717) is 24.6 Å². The third kappa shape index (κ3) is 2.35. The van der Waals surface area contributed by atoms with Gasteiger partial charge in [0.15, 0.2) is 0 Å². The Morgan fingerprint density at radius 1 is 1.25 bits per heavy atom. The maximum Gasteiger partial charge on any atom is 0.241 e. The number of rotatable bonds is 4. The van der Waals surface area contributed by atoms with Crippen molar-refractivity contribution in [1.82, 2.24) is 14.4 Å². The minimum Gasteiger partial charge on any atom is -0.436 e. The Hall–Kier alpha value is -2.40. The lowest BCUT2D eigenvalue weighted by Crippen LogP contribution is -2.06. The van der Waals surface area contributed by atoms with Crippen molar-refractivity contribution < 1.29 is 4.74 Å². The summed E-state index contributed by atoms with van der Waals surface area (Å²) in [7, 11) is 0. The highest BCUT2D eigenvalue weighted by Gasteiger charge is 2.13. The molecule has 0 fully saturated rings. The van der Waals surface area contributed by atoms with E-state index in [1.165, 1.54) is 0 Å². The highest BCUT2D eigenvalue weighted by atomic mass is 16.5. The minimum atomic E-state index is 0.547. The SMILES string of the molecule is Cc1ccc(Oc2nc3ccccn3c2CCN)cn1. The molecule has 3 heterocycles. The van der Waals surface area contributed by atoms with Gasteiger partial charge in [0.25, 0.3) is 0 Å². The van der Waals surface area contributed by atoms with Crippen molar-refractivity contribution in [2.45, 2.75) is 13.3 Å². The summed E-state index contributed by atoms with van der Waals surface area (Å²) >= 11 is 0. The molecule has 0 spiro atoms. The van der Waals surface area contributed by atoms with Crippen LogP contribution in [0.1, 0.15) is 11.4 Å². The van der Waals surface area contributed by atoms with Crippen LogP contribution in [0.4, 0.5) is 0 Å². The molecule has 3 aromatic rings. The van der Waals surface area contributed by atoms with Crippen molar-refractivity contribution in [2.75, 3.05) is 6.54 Å². The molecular formula is C15H16N4O. The quantitative estimate of drug-likeness (QED) is 0.788. The number of ether oxygens (including phenoxy) is 1. The number of fused-ring (bicyclic) bond motifs is 1. The average molecular weight is 268 g/mol. The van der Waals surface area contributed by atoms with Crippen LogP contribution in [0, 0.1) is 6.92 Å². The van der Waals surface area contributed by atoms with Crippen molar-refractivity contribution in [3.63, 3.8) is 0 Å². The Kier molecular flexibility index (Phi) is 3.35. The van der Waals surface area contributed by atoms with Gasteiger partial charge in [-0.05, 0) is 37.7 Å². The number of nitrogens with two attached hydrogens (primary N) is 1. The van der Waals surface area contributed by atoms with Crippen LogP contribution in [0.2, 0.25) is 0 Å². The van der Waals surface area contributed by atoms with Crippen LogP contribution in [0.25, 0.3) is 5.65 Å². The molecule has 3 rings (SSSR count). The Morgan fingerprint density at radius 3 is 2.90 bits per heavy atom. The molecular weight excluding hydrogens is 252 g/mol. The first-order chi connectivity index (χ1) is 9.78. The lowest BCUT2D eigenvalue weighted by Gasteiger charge is -2.05. The van der Waals surface area contributed by atoms with Gasteiger partial charge >= 0.3 is 0 Å². The average Bonchev–Trinajstić information content (AvgIpc) is 2.80. The molecule has 0 unspecified atom stereocenters. The van der Waals surface area contributed by atoms with E-state index in [-0.39, 0.29) is 0 Å². The Labute approximate surface area is 117 Å². The number of pyridine rings is 2. The maximum atomic E-state index is 5.85. The molecule has 3 aromatic heterocycles. The van der Waals surface area contributed by atoms with E-state index in [1.54, 1.807) is 6.20 Å². The Balaban J connectivity index is 2.01. The highest BCUT2D eigenvalue weighted by Crippen LogP contribution is 2.25. The van der Waals surface area contributed by atoms with E-state index in [1.807, 2.05) is 47.9 Å². The van der Waals surface area contributed by atoms with Gasteiger partial charge in [0, 0.05) is 18.3 Å². The lowest BCUT2D eigenvalue weighted by atomic mass is 10.3. The fraction of sp³-hybridized carbons (Fsp3) is 0.200. The first kappa shape index (κ1) is 12.6. The molecule has 0 atom stereocenters. The molecule has 0 aliphatic heterocycles. The maximum absolute atomic E-state index is 5.85. The zero-order valence-electron chi connectivity index (χ0n) is 11.3. The van der Waals surface area contributed by atoms with Crippen LogP contribution in [-0.2, 0) is 6.42 Å². The monoisotopic (exact) mass is 268 g/mol. The molecule has 0 aliphatic rings. The molecule has 5 nitrogen and oxygen atoms in total. The number of nitrogens with zero attached hydrogens (tertiary/aromatic N) is 3. The summed E-state index contributed by atoms with van der Waals surface area (Å²) in [6.07, 6.45) is 4.37. The lowest BCUT2D eigenvalue weighted by molar-refractivity contribution is 0.457. The number of hydrogen-bond acceptors (Lipinski definition) is 4. The van der Waals surface area contributed by atoms with Gasteiger partial charge in [-0.1, -0.05) is 6.07 Å². The second kappa shape index (κ2) is 5.30. The largest absolute Gasteiger partial charge is 0.436 e. The van der Waals surface area contributed by atoms with Gasteiger partial charge in [-0.25, -0.2) is 0 Å². The normalized spacial score (nSPS) is 10.9. The third-order valence-corrected chi connectivity index (χ3v) is 3.07. The van der Waals surface area contributed by atoms with Gasteiger partial charge in [-0.2, -0.15) is 4.98 Å². The highest BCUT2D eigenvalue weighted by molar-refractivity contribution is 5.46. The van der Waals surface area contributed by atoms with E-state index >= 15 is 0 Å². The zero-order valence-corrected chi connectivity index (χ0v) is 11.3. The van der Waals surface area contributed by atoms with E-state index in [9.17, 15) is 0 Å². The van der Waals surface area contributed by atoms with Crippen molar-refractivity contribution in [3.8, 4) is 11.6 Å². The van der Waals surface area contributed by atoms with Crippen molar-refractivity contribution in [1.29, 1.82) is 0 Å². The second-order valence-electron chi connectivity index (χ2n) is 4.57. The molecule has 0 bridgehead atoms. The molecule has 5 heteroatoms. The van der Waals surface area contributed by atoms with Gasteiger partial charge < -0.3 is 14.9 Å². The number of hydrogen-bond donors (Lipinski definition) is 1. The fourth-order valence-corrected chi connectivity index (χ4v) is 2.10. The smallest absolute Gasteiger partial charge is 0.241 e. The Morgan fingerprint density at radius 2 is 2.15 bits per heavy atom. The summed E-state index contributed by atoms with van der Waals surface area (Å²) in [4.78, 5) is 8.73. The van der Waals surface area contributed by atoms with Crippen molar-refractivity contribution in [3.05, 3.63) is 54.1 Å².